The second-order valence-corrected chi connectivity index (χ2v) is 4.49. The summed E-state index contributed by atoms with van der Waals surface area (Å²) in [4.78, 5) is 0. The summed E-state index contributed by atoms with van der Waals surface area (Å²) in [6.45, 7) is 5.91. The SMILES string of the molecule is CCCCCC(C)(C#N)N=NC(C#N)CCC. The van der Waals surface area contributed by atoms with Crippen molar-refractivity contribution in [2.45, 2.75) is 70.9 Å². The van der Waals surface area contributed by atoms with E-state index in [1.807, 2.05) is 6.92 Å². The van der Waals surface area contributed by atoms with E-state index in [0.717, 1.165) is 25.7 Å². The van der Waals surface area contributed by atoms with Gasteiger partial charge >= 0.3 is 0 Å². The predicted octanol–water partition coefficient (Wildman–Crippen LogP) is 3.99. The van der Waals surface area contributed by atoms with Crippen LogP contribution in [0.15, 0.2) is 10.2 Å². The fraction of sp³-hybridized carbons (Fsp3) is 0.846. The van der Waals surface area contributed by atoms with Crippen molar-refractivity contribution >= 4 is 0 Å². The van der Waals surface area contributed by atoms with Crippen LogP contribution in [0.1, 0.15) is 59.3 Å². The molecule has 17 heavy (non-hydrogen) atoms. The average Bonchev–Trinajstić information content (AvgIpc) is 2.35. The number of hydrogen-bond donors (Lipinski definition) is 0. The maximum atomic E-state index is 9.11. The molecule has 94 valence electrons. The smallest absolute Gasteiger partial charge is 0.164 e. The summed E-state index contributed by atoms with van der Waals surface area (Å²) in [7, 11) is 0. The second-order valence-electron chi connectivity index (χ2n) is 4.49. The second kappa shape index (κ2) is 8.70. The van der Waals surface area contributed by atoms with Crippen LogP contribution in [-0.2, 0) is 0 Å². The zero-order valence-corrected chi connectivity index (χ0v) is 11.1. The summed E-state index contributed by atoms with van der Waals surface area (Å²) < 4.78 is 0. The Kier molecular flexibility index (Phi) is 7.97. The van der Waals surface area contributed by atoms with Gasteiger partial charge in [-0.05, 0) is 26.2 Å². The highest BCUT2D eigenvalue weighted by Crippen LogP contribution is 2.20. The molecule has 0 aromatic carbocycles. The Morgan fingerprint density at radius 1 is 1.18 bits per heavy atom. The Bertz CT molecular complexity index is 310. The maximum Gasteiger partial charge on any atom is 0.164 e. The van der Waals surface area contributed by atoms with Gasteiger partial charge in [0.05, 0.1) is 12.1 Å². The molecule has 0 saturated carbocycles. The largest absolute Gasteiger partial charge is 0.196 e. The highest BCUT2D eigenvalue weighted by atomic mass is 15.2. The molecule has 0 spiro atoms. The van der Waals surface area contributed by atoms with Crippen LogP contribution in [0, 0.1) is 22.7 Å². The Balaban J connectivity index is 4.41. The van der Waals surface area contributed by atoms with Crippen LogP contribution >= 0.6 is 0 Å². The average molecular weight is 234 g/mol. The van der Waals surface area contributed by atoms with E-state index in [2.05, 4.69) is 29.3 Å². The monoisotopic (exact) mass is 234 g/mol. The van der Waals surface area contributed by atoms with Crippen LogP contribution < -0.4 is 0 Å². The van der Waals surface area contributed by atoms with Crippen molar-refractivity contribution in [1.29, 1.82) is 10.5 Å². The summed E-state index contributed by atoms with van der Waals surface area (Å²) in [5.41, 5.74) is -0.766. The summed E-state index contributed by atoms with van der Waals surface area (Å²) in [6.07, 6.45) is 5.52. The van der Waals surface area contributed by atoms with E-state index in [1.165, 1.54) is 0 Å². The standard InChI is InChI=1S/C13H22N4/c1-4-6-7-9-13(3,11-15)17-16-12(10-14)8-5-2/h12H,4-9H2,1-3H3. The molecule has 0 rings (SSSR count). The van der Waals surface area contributed by atoms with E-state index in [0.29, 0.717) is 12.8 Å². The molecule has 4 nitrogen and oxygen atoms in total. The van der Waals surface area contributed by atoms with E-state index in [-0.39, 0.29) is 0 Å². The van der Waals surface area contributed by atoms with Gasteiger partial charge in [-0.25, -0.2) is 0 Å². The van der Waals surface area contributed by atoms with E-state index >= 15 is 0 Å². The number of azo groups is 1. The Hall–Kier alpha value is -1.42. The van der Waals surface area contributed by atoms with Gasteiger partial charge in [0, 0.05) is 0 Å². The minimum Gasteiger partial charge on any atom is -0.196 e. The van der Waals surface area contributed by atoms with Gasteiger partial charge in [-0.1, -0.05) is 33.1 Å². The number of hydrogen-bond acceptors (Lipinski definition) is 4. The lowest BCUT2D eigenvalue weighted by atomic mass is 9.97. The molecule has 4 heteroatoms. The number of nitriles is 2. The molecule has 0 saturated heterocycles. The molecule has 0 aromatic heterocycles. The first-order valence-electron chi connectivity index (χ1n) is 6.34. The molecule has 2 unspecified atom stereocenters. The van der Waals surface area contributed by atoms with Gasteiger partial charge in [0.1, 0.15) is 0 Å². The normalized spacial score (nSPS) is 16.1. The molecule has 0 aliphatic heterocycles. The molecule has 0 amide bonds. The number of unbranched alkanes of at least 4 members (excludes halogenated alkanes) is 2. The molecule has 0 aromatic rings. The van der Waals surface area contributed by atoms with Crippen molar-refractivity contribution in [3.8, 4) is 12.1 Å². The highest BCUT2D eigenvalue weighted by Gasteiger charge is 2.23. The summed E-state index contributed by atoms with van der Waals surface area (Å²) in [5, 5.41) is 26.0. The maximum absolute atomic E-state index is 9.11. The van der Waals surface area contributed by atoms with Gasteiger partial charge in [0.25, 0.3) is 0 Å². The number of rotatable bonds is 8. The third-order valence-corrected chi connectivity index (χ3v) is 2.64. The Morgan fingerprint density at radius 2 is 1.88 bits per heavy atom. The van der Waals surface area contributed by atoms with Crippen molar-refractivity contribution in [1.82, 2.24) is 0 Å². The lowest BCUT2D eigenvalue weighted by molar-refractivity contribution is 0.473. The van der Waals surface area contributed by atoms with Crippen molar-refractivity contribution < 1.29 is 0 Å². The quantitative estimate of drug-likeness (QED) is 0.470. The molecular weight excluding hydrogens is 212 g/mol. The molecule has 0 aliphatic carbocycles. The third kappa shape index (κ3) is 6.68. The van der Waals surface area contributed by atoms with Crippen LogP contribution in [0.25, 0.3) is 0 Å². The molecule has 2 atom stereocenters. The topological polar surface area (TPSA) is 72.3 Å². The first-order chi connectivity index (χ1) is 8.11. The van der Waals surface area contributed by atoms with Gasteiger partial charge in [0.15, 0.2) is 11.6 Å². The minimum atomic E-state index is -0.766. The molecule has 0 N–H and O–H groups in total. The Morgan fingerprint density at radius 3 is 2.35 bits per heavy atom. The lowest BCUT2D eigenvalue weighted by Gasteiger charge is -2.15. The molecule has 0 aliphatic rings. The van der Waals surface area contributed by atoms with E-state index in [4.69, 9.17) is 10.5 Å². The van der Waals surface area contributed by atoms with Crippen LogP contribution in [0.5, 0.6) is 0 Å². The molecule has 0 heterocycles. The Labute approximate surface area is 104 Å². The zero-order chi connectivity index (χ0) is 13.1. The number of nitrogens with zero attached hydrogens (tertiary/aromatic N) is 4. The van der Waals surface area contributed by atoms with E-state index in [1.54, 1.807) is 6.92 Å². The highest BCUT2D eigenvalue weighted by molar-refractivity contribution is 5.03. The van der Waals surface area contributed by atoms with Gasteiger partial charge in [-0.15, -0.1) is 0 Å². The van der Waals surface area contributed by atoms with Crippen molar-refractivity contribution in [3.63, 3.8) is 0 Å². The first kappa shape index (κ1) is 15.6. The van der Waals surface area contributed by atoms with Crippen LogP contribution in [0.3, 0.4) is 0 Å². The predicted molar refractivity (Wildman–Crippen MR) is 67.3 cm³/mol. The van der Waals surface area contributed by atoms with Gasteiger partial charge < -0.3 is 0 Å². The third-order valence-electron chi connectivity index (χ3n) is 2.64. The van der Waals surface area contributed by atoms with Crippen molar-refractivity contribution in [2.75, 3.05) is 0 Å². The molecule has 0 radical (unpaired) electrons. The van der Waals surface area contributed by atoms with Gasteiger partial charge in [-0.2, -0.15) is 20.8 Å². The summed E-state index contributed by atoms with van der Waals surface area (Å²) >= 11 is 0. The van der Waals surface area contributed by atoms with Gasteiger partial charge in [-0.3, -0.25) is 0 Å². The molecular formula is C13H22N4. The van der Waals surface area contributed by atoms with Crippen molar-refractivity contribution in [2.24, 2.45) is 10.2 Å². The van der Waals surface area contributed by atoms with E-state index < -0.39 is 11.6 Å². The minimum absolute atomic E-state index is 0.404. The molecule has 0 bridgehead atoms. The fourth-order valence-electron chi connectivity index (χ4n) is 1.47. The van der Waals surface area contributed by atoms with Crippen LogP contribution in [-0.4, -0.2) is 11.6 Å². The summed E-state index contributed by atoms with van der Waals surface area (Å²) in [5.74, 6) is 0. The lowest BCUT2D eigenvalue weighted by Crippen LogP contribution is -2.19. The fourth-order valence-corrected chi connectivity index (χ4v) is 1.47. The van der Waals surface area contributed by atoms with Crippen molar-refractivity contribution in [3.05, 3.63) is 0 Å². The summed E-state index contributed by atoms with van der Waals surface area (Å²) in [6, 6.07) is 3.88. The molecule has 0 fully saturated rings. The van der Waals surface area contributed by atoms with Crippen LogP contribution in [0.4, 0.5) is 0 Å². The van der Waals surface area contributed by atoms with Gasteiger partial charge in [0.2, 0.25) is 0 Å². The van der Waals surface area contributed by atoms with Crippen LogP contribution in [0.2, 0.25) is 0 Å². The zero-order valence-electron chi connectivity index (χ0n) is 11.1. The van der Waals surface area contributed by atoms with E-state index in [9.17, 15) is 0 Å². The first-order valence-corrected chi connectivity index (χ1v) is 6.34.